The van der Waals surface area contributed by atoms with Crippen molar-refractivity contribution in [2.24, 2.45) is 0 Å². The van der Waals surface area contributed by atoms with E-state index in [1.54, 1.807) is 0 Å². The van der Waals surface area contributed by atoms with Gasteiger partial charge in [0.1, 0.15) is 24.0 Å². The number of carboxylic acids is 1. The van der Waals surface area contributed by atoms with Crippen molar-refractivity contribution in [1.82, 2.24) is 5.32 Å². The predicted molar refractivity (Wildman–Crippen MR) is 145 cm³/mol. The number of amides is 3. The molecule has 0 radical (unpaired) electrons. The quantitative estimate of drug-likeness (QED) is 0.192. The van der Waals surface area contributed by atoms with Gasteiger partial charge in [-0.2, -0.15) is 0 Å². The number of anilines is 2. The molecule has 39 heavy (non-hydrogen) atoms. The Bertz CT molecular complexity index is 1350. The van der Waals surface area contributed by atoms with Crippen molar-refractivity contribution >= 4 is 71.3 Å². The van der Waals surface area contributed by atoms with Crippen LogP contribution in [-0.4, -0.2) is 68.2 Å². The van der Waals surface area contributed by atoms with Gasteiger partial charge in [0.2, 0.25) is 0 Å². The Morgan fingerprint density at radius 1 is 0.846 bits per heavy atom. The fourth-order valence-electron chi connectivity index (χ4n) is 3.08. The minimum absolute atomic E-state index is 0. The summed E-state index contributed by atoms with van der Waals surface area (Å²) in [7, 11) is 0. The van der Waals surface area contributed by atoms with E-state index in [4.69, 9.17) is 32.7 Å². The van der Waals surface area contributed by atoms with E-state index in [9.17, 15) is 28.3 Å². The molecule has 0 fully saturated rings. The predicted octanol–water partition coefficient (Wildman–Crippen LogP) is 4.79. The molecule has 0 saturated heterocycles. The Hall–Kier alpha value is -3.33. The van der Waals surface area contributed by atoms with Gasteiger partial charge in [-0.15, -0.1) is 0 Å². The van der Waals surface area contributed by atoms with E-state index < -0.39 is 29.5 Å². The van der Waals surface area contributed by atoms with Crippen molar-refractivity contribution in [3.05, 3.63) is 87.4 Å². The molecule has 0 heterocycles. The first-order valence-corrected chi connectivity index (χ1v) is 11.7. The van der Waals surface area contributed by atoms with Crippen LogP contribution < -0.4 is 20.7 Å². The maximum atomic E-state index is 13.5. The number of carbonyl (C=O) groups is 3. The zero-order valence-corrected chi connectivity index (χ0v) is 21.0. The number of hydrogen-bond acceptors (Lipinski definition) is 5. The third-order valence-electron chi connectivity index (χ3n) is 4.85. The van der Waals surface area contributed by atoms with Gasteiger partial charge in [-0.05, 0) is 48.5 Å². The number of aromatic carboxylic acids is 1. The number of carbonyl (C=O) groups excluding carboxylic acids is 2. The molecule has 9 nitrogen and oxygen atoms in total. The maximum absolute atomic E-state index is 13.5. The van der Waals surface area contributed by atoms with Gasteiger partial charge in [-0.1, -0.05) is 23.2 Å². The van der Waals surface area contributed by atoms with Crippen LogP contribution in [-0.2, 0) is 4.74 Å². The third-order valence-corrected chi connectivity index (χ3v) is 5.40. The summed E-state index contributed by atoms with van der Waals surface area (Å²) in [6.07, 6.45) is 0. The second kappa shape index (κ2) is 15.3. The van der Waals surface area contributed by atoms with E-state index in [0.29, 0.717) is 11.1 Å². The summed E-state index contributed by atoms with van der Waals surface area (Å²) >= 11 is 11.9. The SMILES string of the molecule is O=C(NCCOCCOc1ccc(NC(=O)c2ccc(Cl)cc2Cl)c(C(=O)O)c1)Nc1ccc(F)cc1F.[LiH]. The summed E-state index contributed by atoms with van der Waals surface area (Å²) < 4.78 is 37.3. The summed E-state index contributed by atoms with van der Waals surface area (Å²) in [5.41, 5.74) is -0.200. The van der Waals surface area contributed by atoms with E-state index in [0.717, 1.165) is 12.1 Å². The number of hydrogen-bond donors (Lipinski definition) is 4. The van der Waals surface area contributed by atoms with Crippen LogP contribution in [0.3, 0.4) is 0 Å². The van der Waals surface area contributed by atoms with Gasteiger partial charge in [-0.25, -0.2) is 18.4 Å². The summed E-state index contributed by atoms with van der Waals surface area (Å²) in [5.74, 6) is -3.32. The topological polar surface area (TPSA) is 126 Å². The molecule has 0 aromatic heterocycles. The number of urea groups is 1. The summed E-state index contributed by atoms with van der Waals surface area (Å²) in [6, 6.07) is 10.5. The number of nitrogens with one attached hydrogen (secondary N) is 3. The molecule has 202 valence electrons. The molecule has 0 aliphatic rings. The standard InChI is InChI=1S/C25H21Cl2F2N3O6.Li.H/c26-14-1-4-17(19(27)11-14)23(33)31-21-6-3-16(13-18(21)24(34)35)38-10-9-37-8-7-30-25(36)32-22-5-2-15(28)12-20(22)29;;/h1-6,11-13H,7-10H2,(H,31,33)(H,34,35)(H2,30,32,36);;. The van der Waals surface area contributed by atoms with Crippen LogP contribution in [0.5, 0.6) is 5.75 Å². The molecule has 0 unspecified atom stereocenters. The molecule has 0 aliphatic heterocycles. The average molecular weight is 576 g/mol. The first kappa shape index (κ1) is 31.9. The minimum atomic E-state index is -1.28. The van der Waals surface area contributed by atoms with Crippen LogP contribution in [0.2, 0.25) is 10.0 Å². The third kappa shape index (κ3) is 9.73. The summed E-state index contributed by atoms with van der Waals surface area (Å²) in [6.45, 7) is 0.398. The summed E-state index contributed by atoms with van der Waals surface area (Å²) in [4.78, 5) is 36.0. The molecule has 3 rings (SSSR count). The number of rotatable bonds is 11. The molecule has 0 bridgehead atoms. The van der Waals surface area contributed by atoms with Gasteiger partial charge in [0.15, 0.2) is 0 Å². The Morgan fingerprint density at radius 2 is 1.59 bits per heavy atom. The molecule has 4 N–H and O–H groups in total. The molecule has 14 heteroatoms. The van der Waals surface area contributed by atoms with Crippen molar-refractivity contribution in [2.75, 3.05) is 37.0 Å². The van der Waals surface area contributed by atoms with Crippen LogP contribution in [0.4, 0.5) is 25.0 Å². The van der Waals surface area contributed by atoms with Crippen LogP contribution in [0.15, 0.2) is 54.6 Å². The molecule has 0 atom stereocenters. The van der Waals surface area contributed by atoms with Gasteiger partial charge in [0.05, 0.1) is 40.7 Å². The molecule has 0 aliphatic carbocycles. The van der Waals surface area contributed by atoms with Gasteiger partial charge in [0.25, 0.3) is 5.91 Å². The van der Waals surface area contributed by atoms with E-state index in [-0.39, 0.29) is 78.5 Å². The van der Waals surface area contributed by atoms with E-state index in [1.165, 1.54) is 36.4 Å². The molecule has 3 aromatic carbocycles. The fourth-order valence-corrected chi connectivity index (χ4v) is 3.57. The molecular weight excluding hydrogens is 554 g/mol. The number of benzene rings is 3. The van der Waals surface area contributed by atoms with Gasteiger partial charge in [0, 0.05) is 17.6 Å². The number of carboxylic acid groups (broad SMARTS) is 1. The van der Waals surface area contributed by atoms with Gasteiger partial charge < -0.3 is 30.5 Å². The Labute approximate surface area is 243 Å². The van der Waals surface area contributed by atoms with Crippen LogP contribution in [0, 0.1) is 11.6 Å². The van der Waals surface area contributed by atoms with Crippen molar-refractivity contribution in [3.8, 4) is 5.75 Å². The second-order valence-electron chi connectivity index (χ2n) is 7.56. The number of halogens is 4. The fraction of sp³-hybridized carbons (Fsp3) is 0.160. The molecular formula is C25H22Cl2F2LiN3O6. The van der Waals surface area contributed by atoms with E-state index in [2.05, 4.69) is 16.0 Å². The Kier molecular flexibility index (Phi) is 12.5. The zero-order chi connectivity index (χ0) is 27.7. The summed E-state index contributed by atoms with van der Waals surface area (Å²) in [5, 5.41) is 17.2. The molecule has 0 spiro atoms. The molecule has 3 amide bonds. The first-order chi connectivity index (χ1) is 18.1. The van der Waals surface area contributed by atoms with Gasteiger partial charge in [-0.3, -0.25) is 4.79 Å². The Balaban J connectivity index is 0.00000533. The normalized spacial score (nSPS) is 10.3. The van der Waals surface area contributed by atoms with Crippen molar-refractivity contribution in [3.63, 3.8) is 0 Å². The first-order valence-electron chi connectivity index (χ1n) is 11.0. The van der Waals surface area contributed by atoms with Gasteiger partial charge >= 0.3 is 30.9 Å². The van der Waals surface area contributed by atoms with Crippen LogP contribution in [0.25, 0.3) is 0 Å². The van der Waals surface area contributed by atoms with E-state index >= 15 is 0 Å². The molecule has 0 saturated carbocycles. The van der Waals surface area contributed by atoms with Crippen molar-refractivity contribution < 1.29 is 37.7 Å². The van der Waals surface area contributed by atoms with Crippen LogP contribution in [0.1, 0.15) is 20.7 Å². The van der Waals surface area contributed by atoms with Crippen LogP contribution >= 0.6 is 23.2 Å². The second-order valence-corrected chi connectivity index (χ2v) is 8.40. The zero-order valence-electron chi connectivity index (χ0n) is 19.5. The van der Waals surface area contributed by atoms with E-state index in [1.807, 2.05) is 0 Å². The van der Waals surface area contributed by atoms with Crippen molar-refractivity contribution in [1.29, 1.82) is 0 Å². The molecule has 3 aromatic rings. The Morgan fingerprint density at radius 3 is 2.28 bits per heavy atom. The number of ether oxygens (including phenoxy) is 2. The average Bonchev–Trinajstić information content (AvgIpc) is 2.85. The van der Waals surface area contributed by atoms with Crippen molar-refractivity contribution in [2.45, 2.75) is 0 Å². The monoisotopic (exact) mass is 575 g/mol.